The average Bonchev–Trinajstić information content (AvgIpc) is 2.40. The molecule has 0 atom stereocenters. The van der Waals surface area contributed by atoms with Gasteiger partial charge in [-0.2, -0.15) is 0 Å². The molecule has 0 unspecified atom stereocenters. The molecule has 1 saturated carbocycles. The zero-order chi connectivity index (χ0) is 13.0. The summed E-state index contributed by atoms with van der Waals surface area (Å²) in [7, 11) is 0. The Kier molecular flexibility index (Phi) is 6.61. The third-order valence-corrected chi connectivity index (χ3v) is 5.01. The van der Waals surface area contributed by atoms with E-state index in [-0.39, 0.29) is 17.8 Å². The number of rotatable bonds is 3. The van der Waals surface area contributed by atoms with Crippen LogP contribution in [0.15, 0.2) is 0 Å². The number of hydrogen-bond donors (Lipinski definition) is 1. The molecule has 0 bridgehead atoms. The Morgan fingerprint density at radius 3 is 2.32 bits per heavy atom. The molecule has 1 amide bonds. The van der Waals surface area contributed by atoms with E-state index in [1.165, 1.54) is 32.1 Å². The van der Waals surface area contributed by atoms with Crippen LogP contribution in [0.5, 0.6) is 0 Å². The normalized spacial score (nSPS) is 23.8. The van der Waals surface area contributed by atoms with Gasteiger partial charge in [0.2, 0.25) is 5.91 Å². The summed E-state index contributed by atoms with van der Waals surface area (Å²) in [4.78, 5) is 14.5. The van der Waals surface area contributed by atoms with Crippen LogP contribution in [-0.2, 0) is 4.79 Å². The first-order valence-electron chi connectivity index (χ1n) is 7.63. The van der Waals surface area contributed by atoms with Gasteiger partial charge in [0.25, 0.3) is 0 Å². The van der Waals surface area contributed by atoms with Crippen LogP contribution in [0.4, 0.5) is 0 Å². The van der Waals surface area contributed by atoms with Crippen molar-refractivity contribution in [2.45, 2.75) is 58.3 Å². The minimum atomic E-state index is 0. The number of carbonyl (C=O) groups excluding carboxylic acids is 1. The highest BCUT2D eigenvalue weighted by molar-refractivity contribution is 5.85. The largest absolute Gasteiger partial charge is 0.343 e. The molecule has 2 rings (SSSR count). The average molecular weight is 289 g/mol. The minimum Gasteiger partial charge on any atom is -0.343 e. The second-order valence-electron chi connectivity index (χ2n) is 6.50. The summed E-state index contributed by atoms with van der Waals surface area (Å²) in [6.45, 7) is 4.88. The van der Waals surface area contributed by atoms with Gasteiger partial charge in [-0.1, -0.05) is 26.2 Å². The van der Waals surface area contributed by atoms with Crippen molar-refractivity contribution in [1.82, 2.24) is 4.90 Å². The maximum Gasteiger partial charge on any atom is 0.223 e. The van der Waals surface area contributed by atoms with Crippen molar-refractivity contribution in [3.8, 4) is 0 Å². The number of hydrogen-bond acceptors (Lipinski definition) is 2. The summed E-state index contributed by atoms with van der Waals surface area (Å²) in [5, 5.41) is 0. The van der Waals surface area contributed by atoms with Crippen molar-refractivity contribution in [1.29, 1.82) is 0 Å². The number of carbonyl (C=O) groups is 1. The van der Waals surface area contributed by atoms with Crippen molar-refractivity contribution in [2.24, 2.45) is 17.1 Å². The predicted octanol–water partition coefficient (Wildman–Crippen LogP) is 2.97. The highest BCUT2D eigenvalue weighted by atomic mass is 35.5. The SMILES string of the molecule is CC1CCN(C(=O)CC2(CN)CCCCC2)CC1.Cl. The van der Waals surface area contributed by atoms with Gasteiger partial charge in [0.1, 0.15) is 0 Å². The third-order valence-electron chi connectivity index (χ3n) is 5.01. The van der Waals surface area contributed by atoms with Crippen LogP contribution >= 0.6 is 12.4 Å². The fraction of sp³-hybridized carbons (Fsp3) is 0.933. The Balaban J connectivity index is 0.00000180. The molecule has 0 aromatic heterocycles. The van der Waals surface area contributed by atoms with E-state index in [0.717, 1.165) is 31.8 Å². The molecular formula is C15H29ClN2O. The first-order valence-corrected chi connectivity index (χ1v) is 7.63. The number of nitrogens with zero attached hydrogens (tertiary/aromatic N) is 1. The van der Waals surface area contributed by atoms with E-state index >= 15 is 0 Å². The van der Waals surface area contributed by atoms with Crippen LogP contribution in [0.1, 0.15) is 58.3 Å². The smallest absolute Gasteiger partial charge is 0.223 e. The maximum atomic E-state index is 12.4. The molecule has 2 N–H and O–H groups in total. The molecule has 112 valence electrons. The molecular weight excluding hydrogens is 260 g/mol. The molecule has 1 aliphatic heterocycles. The van der Waals surface area contributed by atoms with Crippen molar-refractivity contribution < 1.29 is 4.79 Å². The van der Waals surface area contributed by atoms with Crippen LogP contribution < -0.4 is 5.73 Å². The maximum absolute atomic E-state index is 12.4. The summed E-state index contributed by atoms with van der Waals surface area (Å²) in [5.41, 5.74) is 6.09. The highest BCUT2D eigenvalue weighted by Crippen LogP contribution is 2.39. The number of nitrogens with two attached hydrogens (primary N) is 1. The van der Waals surface area contributed by atoms with Gasteiger partial charge in [0.05, 0.1) is 0 Å². The van der Waals surface area contributed by atoms with Crippen LogP contribution in [-0.4, -0.2) is 30.4 Å². The topological polar surface area (TPSA) is 46.3 Å². The second-order valence-corrected chi connectivity index (χ2v) is 6.50. The zero-order valence-corrected chi connectivity index (χ0v) is 13.0. The summed E-state index contributed by atoms with van der Waals surface area (Å²) in [6, 6.07) is 0. The summed E-state index contributed by atoms with van der Waals surface area (Å²) in [6.07, 6.45) is 9.15. The summed E-state index contributed by atoms with van der Waals surface area (Å²) >= 11 is 0. The minimum absolute atomic E-state index is 0. The molecule has 19 heavy (non-hydrogen) atoms. The molecule has 2 aliphatic rings. The van der Waals surface area contributed by atoms with Crippen LogP contribution in [0.3, 0.4) is 0 Å². The van der Waals surface area contributed by atoms with Crippen molar-refractivity contribution >= 4 is 18.3 Å². The molecule has 0 spiro atoms. The van der Waals surface area contributed by atoms with E-state index in [1.54, 1.807) is 0 Å². The molecule has 0 aromatic rings. The van der Waals surface area contributed by atoms with E-state index in [0.29, 0.717) is 18.9 Å². The molecule has 1 heterocycles. The highest BCUT2D eigenvalue weighted by Gasteiger charge is 2.34. The number of piperidine rings is 1. The van der Waals surface area contributed by atoms with Crippen LogP contribution in [0.25, 0.3) is 0 Å². The van der Waals surface area contributed by atoms with Crippen LogP contribution in [0.2, 0.25) is 0 Å². The predicted molar refractivity (Wildman–Crippen MR) is 81.4 cm³/mol. The first kappa shape index (κ1) is 16.8. The molecule has 4 heteroatoms. The van der Waals surface area contributed by atoms with Crippen molar-refractivity contribution in [3.05, 3.63) is 0 Å². The molecule has 2 fully saturated rings. The van der Waals surface area contributed by atoms with Gasteiger partial charge < -0.3 is 10.6 Å². The lowest BCUT2D eigenvalue weighted by molar-refractivity contribution is -0.135. The van der Waals surface area contributed by atoms with E-state index in [2.05, 4.69) is 11.8 Å². The Bertz CT molecular complexity index is 282. The van der Waals surface area contributed by atoms with E-state index < -0.39 is 0 Å². The molecule has 3 nitrogen and oxygen atoms in total. The first-order chi connectivity index (χ1) is 8.65. The lowest BCUT2D eigenvalue weighted by atomic mass is 9.71. The van der Waals surface area contributed by atoms with Gasteiger partial charge in [-0.25, -0.2) is 0 Å². The Labute approximate surface area is 123 Å². The second kappa shape index (κ2) is 7.49. The number of amides is 1. The van der Waals surface area contributed by atoms with E-state index in [1.807, 2.05) is 0 Å². The lowest BCUT2D eigenvalue weighted by Crippen LogP contribution is -2.43. The summed E-state index contributed by atoms with van der Waals surface area (Å²) < 4.78 is 0. The molecule has 0 radical (unpaired) electrons. The fourth-order valence-corrected chi connectivity index (χ4v) is 3.45. The van der Waals surface area contributed by atoms with Gasteiger partial charge in [0, 0.05) is 19.5 Å². The number of likely N-dealkylation sites (tertiary alicyclic amines) is 1. The fourth-order valence-electron chi connectivity index (χ4n) is 3.45. The monoisotopic (exact) mass is 288 g/mol. The van der Waals surface area contributed by atoms with Crippen molar-refractivity contribution in [3.63, 3.8) is 0 Å². The van der Waals surface area contributed by atoms with Gasteiger partial charge in [0.15, 0.2) is 0 Å². The van der Waals surface area contributed by atoms with Gasteiger partial charge in [-0.3, -0.25) is 4.79 Å². The quantitative estimate of drug-likeness (QED) is 0.868. The summed E-state index contributed by atoms with van der Waals surface area (Å²) in [5.74, 6) is 1.14. The number of halogens is 1. The lowest BCUT2D eigenvalue weighted by Gasteiger charge is -2.38. The molecule has 1 saturated heterocycles. The van der Waals surface area contributed by atoms with Gasteiger partial charge >= 0.3 is 0 Å². The Morgan fingerprint density at radius 1 is 1.21 bits per heavy atom. The zero-order valence-electron chi connectivity index (χ0n) is 12.2. The van der Waals surface area contributed by atoms with Gasteiger partial charge in [-0.05, 0) is 43.6 Å². The van der Waals surface area contributed by atoms with Crippen molar-refractivity contribution in [2.75, 3.05) is 19.6 Å². The Hall–Kier alpha value is -0.280. The third kappa shape index (κ3) is 4.35. The molecule has 0 aromatic carbocycles. The standard InChI is InChI=1S/C15H28N2O.ClH/c1-13-5-9-17(10-6-13)14(18)11-15(12-16)7-3-2-4-8-15;/h13H,2-12,16H2,1H3;1H. The van der Waals surface area contributed by atoms with E-state index in [9.17, 15) is 4.79 Å². The Morgan fingerprint density at radius 2 is 1.79 bits per heavy atom. The molecule has 1 aliphatic carbocycles. The van der Waals surface area contributed by atoms with E-state index in [4.69, 9.17) is 5.73 Å². The van der Waals surface area contributed by atoms with Gasteiger partial charge in [-0.15, -0.1) is 12.4 Å². The van der Waals surface area contributed by atoms with Crippen LogP contribution in [0, 0.1) is 11.3 Å².